The second kappa shape index (κ2) is 23.1. The average molecular weight is 531 g/mol. The van der Waals surface area contributed by atoms with Crippen LogP contribution in [0.25, 0.3) is 0 Å². The third-order valence-corrected chi connectivity index (χ3v) is 11.3. The van der Waals surface area contributed by atoms with E-state index in [9.17, 15) is 9.59 Å². The maximum Gasteiger partial charge on any atom is 0.306 e. The number of carbonyl (C=O) groups is 2. The third kappa shape index (κ3) is 18.7. The molecule has 0 bridgehead atoms. The summed E-state index contributed by atoms with van der Waals surface area (Å²) >= 11 is 5.30. The molecule has 0 spiro atoms. The fourth-order valence-electron chi connectivity index (χ4n) is 2.70. The van der Waals surface area contributed by atoms with Gasteiger partial charge in [-0.05, 0) is 20.3 Å². The van der Waals surface area contributed by atoms with Crippen molar-refractivity contribution in [2.45, 2.75) is 75.5 Å². The van der Waals surface area contributed by atoms with E-state index < -0.39 is 0 Å². The normalized spacial score (nSPS) is 11.5. The van der Waals surface area contributed by atoms with Gasteiger partial charge in [0.15, 0.2) is 0 Å². The predicted octanol–water partition coefficient (Wildman–Crippen LogP) is 5.93. The SMILES string of the molecule is CCCCCCCC(SP)(SCCC(=O)OCCOCC)SCCC(=O)OCCOCC. The molecule has 1 atom stereocenters. The Balaban J connectivity index is 4.50. The second-order valence-corrected chi connectivity index (χ2v) is 12.2. The van der Waals surface area contributed by atoms with E-state index in [2.05, 4.69) is 15.4 Å². The number of hydrogen-bond donors (Lipinski definition) is 0. The summed E-state index contributed by atoms with van der Waals surface area (Å²) in [6.07, 6.45) is 7.87. The standard InChI is InChI=1S/C22H43O6PS3/c1-4-7-8-9-10-13-22(32-29,30-18-11-20(23)27-16-14-25-5-2)31-19-12-21(24)28-17-15-26-6-3/h4-19,29H2,1-3H3. The Labute approximate surface area is 210 Å². The van der Waals surface area contributed by atoms with Gasteiger partial charge < -0.3 is 18.9 Å². The predicted molar refractivity (Wildman–Crippen MR) is 142 cm³/mol. The molecule has 0 saturated heterocycles. The van der Waals surface area contributed by atoms with Gasteiger partial charge in [-0.1, -0.05) is 47.5 Å². The fraction of sp³-hybridized carbons (Fsp3) is 0.909. The smallest absolute Gasteiger partial charge is 0.306 e. The highest BCUT2D eigenvalue weighted by Crippen LogP contribution is 2.53. The number of unbranched alkanes of at least 4 members (excludes halogenated alkanes) is 4. The van der Waals surface area contributed by atoms with E-state index in [-0.39, 0.29) is 15.3 Å². The molecule has 10 heteroatoms. The lowest BCUT2D eigenvalue weighted by Gasteiger charge is -2.31. The van der Waals surface area contributed by atoms with E-state index in [1.54, 1.807) is 34.9 Å². The summed E-state index contributed by atoms with van der Waals surface area (Å²) in [5.41, 5.74) is 0. The Bertz CT molecular complexity index is 441. The first-order valence-electron chi connectivity index (χ1n) is 11.7. The number of carbonyl (C=O) groups excluding carboxylic acids is 2. The quantitative estimate of drug-likeness (QED) is 0.0692. The Kier molecular flexibility index (Phi) is 23.3. The van der Waals surface area contributed by atoms with E-state index in [1.807, 2.05) is 13.8 Å². The minimum Gasteiger partial charge on any atom is -0.463 e. The van der Waals surface area contributed by atoms with Gasteiger partial charge in [0.25, 0.3) is 0 Å². The van der Waals surface area contributed by atoms with Crippen LogP contribution in [-0.4, -0.2) is 66.5 Å². The lowest BCUT2D eigenvalue weighted by molar-refractivity contribution is -0.145. The Hall–Kier alpha value is 0.340. The van der Waals surface area contributed by atoms with Gasteiger partial charge in [0.05, 0.1) is 26.1 Å². The van der Waals surface area contributed by atoms with Crippen LogP contribution in [0, 0.1) is 0 Å². The van der Waals surface area contributed by atoms with Crippen LogP contribution in [0.15, 0.2) is 0 Å². The van der Waals surface area contributed by atoms with Gasteiger partial charge in [-0.15, -0.1) is 34.9 Å². The number of esters is 2. The van der Waals surface area contributed by atoms with E-state index in [4.69, 9.17) is 18.9 Å². The van der Waals surface area contributed by atoms with Crippen molar-refractivity contribution in [3.05, 3.63) is 0 Å². The summed E-state index contributed by atoms with van der Waals surface area (Å²) in [5.74, 6) is 1.00. The first-order valence-corrected chi connectivity index (χ1v) is 15.9. The Morgan fingerprint density at radius 3 is 1.69 bits per heavy atom. The van der Waals surface area contributed by atoms with Gasteiger partial charge in [-0.3, -0.25) is 9.59 Å². The van der Waals surface area contributed by atoms with Gasteiger partial charge in [0.1, 0.15) is 16.6 Å². The molecule has 0 aromatic rings. The molecule has 0 heterocycles. The molecule has 1 unspecified atom stereocenters. The summed E-state index contributed by atoms with van der Waals surface area (Å²) in [6.45, 7) is 8.78. The van der Waals surface area contributed by atoms with E-state index >= 15 is 0 Å². The van der Waals surface area contributed by atoms with Gasteiger partial charge in [0, 0.05) is 24.7 Å². The molecule has 0 aromatic carbocycles. The highest BCUT2D eigenvalue weighted by Gasteiger charge is 2.30. The summed E-state index contributed by atoms with van der Waals surface area (Å²) in [6, 6.07) is 0. The first kappa shape index (κ1) is 32.3. The summed E-state index contributed by atoms with van der Waals surface area (Å²) < 4.78 is 20.7. The molecule has 0 fully saturated rings. The molecule has 32 heavy (non-hydrogen) atoms. The van der Waals surface area contributed by atoms with Gasteiger partial charge >= 0.3 is 11.9 Å². The van der Waals surface area contributed by atoms with Crippen molar-refractivity contribution < 1.29 is 28.5 Å². The van der Waals surface area contributed by atoms with Crippen molar-refractivity contribution in [3.63, 3.8) is 0 Å². The molecule has 0 radical (unpaired) electrons. The van der Waals surface area contributed by atoms with Crippen molar-refractivity contribution in [2.75, 3.05) is 51.1 Å². The molecule has 6 nitrogen and oxygen atoms in total. The third-order valence-electron chi connectivity index (χ3n) is 4.41. The zero-order valence-electron chi connectivity index (χ0n) is 20.1. The molecule has 0 aliphatic carbocycles. The summed E-state index contributed by atoms with van der Waals surface area (Å²) in [7, 11) is 2.78. The molecule has 0 aliphatic heterocycles. The summed E-state index contributed by atoms with van der Waals surface area (Å²) in [4.78, 5) is 24.0. The Morgan fingerprint density at radius 1 is 0.750 bits per heavy atom. The molecular weight excluding hydrogens is 487 g/mol. The number of thioether (sulfide) groups is 2. The lowest BCUT2D eigenvalue weighted by atomic mass is 10.1. The van der Waals surface area contributed by atoms with E-state index in [1.165, 1.54) is 25.7 Å². The van der Waals surface area contributed by atoms with Gasteiger partial charge in [0.2, 0.25) is 0 Å². The molecule has 0 aromatic heterocycles. The molecule has 0 N–H and O–H groups in total. The van der Waals surface area contributed by atoms with Crippen molar-refractivity contribution in [1.29, 1.82) is 0 Å². The first-order chi connectivity index (χ1) is 15.5. The van der Waals surface area contributed by atoms with Crippen LogP contribution in [0.2, 0.25) is 0 Å². The second-order valence-electron chi connectivity index (χ2n) is 7.00. The largest absolute Gasteiger partial charge is 0.463 e. The summed E-state index contributed by atoms with van der Waals surface area (Å²) in [5, 5.41) is 0. The highest BCUT2D eigenvalue weighted by atomic mass is 32.7. The van der Waals surface area contributed by atoms with Crippen molar-refractivity contribution in [1.82, 2.24) is 0 Å². The lowest BCUT2D eigenvalue weighted by Crippen LogP contribution is -2.19. The van der Waals surface area contributed by atoms with Crippen LogP contribution in [0.5, 0.6) is 0 Å². The van der Waals surface area contributed by atoms with Crippen molar-refractivity contribution >= 4 is 55.3 Å². The minimum absolute atomic E-state index is 0.103. The fourth-order valence-corrected chi connectivity index (χ4v) is 8.15. The van der Waals surface area contributed by atoms with Gasteiger partial charge in [-0.2, -0.15) is 0 Å². The average Bonchev–Trinajstić information content (AvgIpc) is 2.79. The number of hydrogen-bond acceptors (Lipinski definition) is 9. The van der Waals surface area contributed by atoms with Crippen LogP contribution in [0.1, 0.15) is 72.1 Å². The molecule has 0 saturated carbocycles. The van der Waals surface area contributed by atoms with Crippen LogP contribution >= 0.6 is 43.3 Å². The van der Waals surface area contributed by atoms with E-state index in [0.29, 0.717) is 64.0 Å². The molecule has 190 valence electrons. The van der Waals surface area contributed by atoms with Crippen molar-refractivity contribution in [3.8, 4) is 0 Å². The van der Waals surface area contributed by atoms with Crippen molar-refractivity contribution in [2.24, 2.45) is 0 Å². The topological polar surface area (TPSA) is 71.1 Å². The Morgan fingerprint density at radius 2 is 1.25 bits per heavy atom. The zero-order valence-corrected chi connectivity index (χ0v) is 23.7. The van der Waals surface area contributed by atoms with Crippen LogP contribution in [-0.2, 0) is 28.5 Å². The zero-order chi connectivity index (χ0) is 23.9. The van der Waals surface area contributed by atoms with Gasteiger partial charge in [-0.25, -0.2) is 0 Å². The maximum atomic E-state index is 12.0. The van der Waals surface area contributed by atoms with E-state index in [0.717, 1.165) is 12.8 Å². The molecule has 0 amide bonds. The highest BCUT2D eigenvalue weighted by molar-refractivity contribution is 8.54. The number of ether oxygens (including phenoxy) is 4. The maximum absolute atomic E-state index is 12.0. The number of rotatable bonds is 23. The molecule has 0 rings (SSSR count). The van der Waals surface area contributed by atoms with Crippen LogP contribution in [0.3, 0.4) is 0 Å². The van der Waals surface area contributed by atoms with Crippen LogP contribution < -0.4 is 0 Å². The monoisotopic (exact) mass is 530 g/mol. The molecular formula is C22H43O6PS3. The van der Waals surface area contributed by atoms with Crippen LogP contribution in [0.4, 0.5) is 0 Å². The molecule has 0 aliphatic rings. The minimum atomic E-state index is -0.189.